The lowest BCUT2D eigenvalue weighted by Crippen LogP contribution is -2.22. The van der Waals surface area contributed by atoms with Gasteiger partial charge < -0.3 is 0 Å². The summed E-state index contributed by atoms with van der Waals surface area (Å²) in [6, 6.07) is 0. The first-order valence-corrected chi connectivity index (χ1v) is 9.21. The van der Waals surface area contributed by atoms with Gasteiger partial charge in [0, 0.05) is 0 Å². The highest BCUT2D eigenvalue weighted by atomic mass is 14.3. The normalized spacial score (nSPS) is 23.1. The van der Waals surface area contributed by atoms with Gasteiger partial charge in [0.05, 0.1) is 0 Å². The van der Waals surface area contributed by atoms with Crippen molar-refractivity contribution in [3.05, 3.63) is 0 Å². The second-order valence-corrected chi connectivity index (χ2v) is 9.40. The highest BCUT2D eigenvalue weighted by Gasteiger charge is 2.26. The molecule has 0 nitrogen and oxygen atoms in total. The largest absolute Gasteiger partial charge is 0.0599 e. The molecule has 20 heavy (non-hydrogen) atoms. The Morgan fingerprint density at radius 2 is 0.700 bits per heavy atom. The Bertz CT molecular complexity index is 210. The molecule has 0 unspecified atom stereocenters. The van der Waals surface area contributed by atoms with E-state index in [1.165, 1.54) is 64.2 Å². The van der Waals surface area contributed by atoms with Crippen molar-refractivity contribution >= 4 is 0 Å². The number of hydrogen-bond acceptors (Lipinski definition) is 0. The highest BCUT2D eigenvalue weighted by molar-refractivity contribution is 4.77. The van der Waals surface area contributed by atoms with Crippen LogP contribution in [0.15, 0.2) is 0 Å². The lowest BCUT2D eigenvalue weighted by molar-refractivity contribution is 0.179. The second kappa shape index (κ2) is 7.85. The smallest absolute Gasteiger partial charge is 0.0354 e. The van der Waals surface area contributed by atoms with Crippen LogP contribution < -0.4 is 0 Å². The molecular formula is C20H40. The molecule has 0 heteroatoms. The maximum absolute atomic E-state index is 2.38. The van der Waals surface area contributed by atoms with Gasteiger partial charge in [0.15, 0.2) is 0 Å². The molecule has 0 N–H and O–H groups in total. The molecule has 0 radical (unpaired) electrons. The van der Waals surface area contributed by atoms with Gasteiger partial charge in [-0.15, -0.1) is 0 Å². The zero-order chi connectivity index (χ0) is 15.2. The van der Waals surface area contributed by atoms with Gasteiger partial charge in [-0.1, -0.05) is 80.1 Å². The van der Waals surface area contributed by atoms with E-state index in [2.05, 4.69) is 41.5 Å². The lowest BCUT2D eigenvalue weighted by Gasteiger charge is -2.33. The summed E-state index contributed by atoms with van der Waals surface area (Å²) in [5.41, 5.74) is 1.14. The van der Waals surface area contributed by atoms with E-state index in [4.69, 9.17) is 0 Å². The monoisotopic (exact) mass is 280 g/mol. The van der Waals surface area contributed by atoms with Gasteiger partial charge in [0.25, 0.3) is 0 Å². The predicted octanol–water partition coefficient (Wildman–Crippen LogP) is 7.23. The van der Waals surface area contributed by atoms with Crippen LogP contribution in [-0.2, 0) is 0 Å². The number of rotatable bonds is 0. The van der Waals surface area contributed by atoms with E-state index in [0.717, 1.165) is 11.8 Å². The van der Waals surface area contributed by atoms with Crippen molar-refractivity contribution in [2.24, 2.45) is 22.7 Å². The summed E-state index contributed by atoms with van der Waals surface area (Å²) in [5, 5.41) is 0. The minimum atomic E-state index is 0.570. The van der Waals surface area contributed by atoms with E-state index in [-0.39, 0.29) is 0 Å². The van der Waals surface area contributed by atoms with Crippen LogP contribution in [0.2, 0.25) is 0 Å². The van der Waals surface area contributed by atoms with Gasteiger partial charge >= 0.3 is 0 Å². The maximum atomic E-state index is 2.38. The van der Waals surface area contributed by atoms with Crippen LogP contribution >= 0.6 is 0 Å². The summed E-state index contributed by atoms with van der Waals surface area (Å²) in [6.07, 6.45) is 14.8. The first-order valence-electron chi connectivity index (χ1n) is 9.21. The van der Waals surface area contributed by atoms with E-state index < -0.39 is 0 Å². The quantitative estimate of drug-likeness (QED) is 0.439. The zero-order valence-corrected chi connectivity index (χ0v) is 15.2. The average Bonchev–Trinajstić information content (AvgIpc) is 2.40. The van der Waals surface area contributed by atoms with E-state index in [0.29, 0.717) is 10.8 Å². The van der Waals surface area contributed by atoms with Crippen molar-refractivity contribution < 1.29 is 0 Å². The zero-order valence-electron chi connectivity index (χ0n) is 15.2. The molecule has 0 saturated heterocycles. The van der Waals surface area contributed by atoms with Crippen molar-refractivity contribution in [2.75, 3.05) is 0 Å². The summed E-state index contributed by atoms with van der Waals surface area (Å²) in [5.74, 6) is 2.00. The lowest BCUT2D eigenvalue weighted by atomic mass is 9.72. The molecule has 2 aliphatic carbocycles. The Labute approximate surface area is 129 Å². The standard InChI is InChI=1S/2C10H20/c2*1-10(2,3)9-7-5-4-6-8-9/h2*9H,4-8H2,1-3H3. The van der Waals surface area contributed by atoms with Crippen LogP contribution in [0.3, 0.4) is 0 Å². The molecule has 0 aromatic carbocycles. The molecule has 2 fully saturated rings. The fraction of sp³-hybridized carbons (Fsp3) is 1.00. The first-order chi connectivity index (χ1) is 9.21. The van der Waals surface area contributed by atoms with E-state index in [1.54, 1.807) is 0 Å². The Morgan fingerprint density at radius 1 is 0.450 bits per heavy atom. The molecule has 0 aromatic rings. The average molecular weight is 281 g/mol. The molecule has 0 aromatic heterocycles. The van der Waals surface area contributed by atoms with Gasteiger partial charge in [-0.05, 0) is 48.3 Å². The Balaban J connectivity index is 0.000000200. The van der Waals surface area contributed by atoms with Crippen molar-refractivity contribution in [1.29, 1.82) is 0 Å². The van der Waals surface area contributed by atoms with Crippen LogP contribution in [0.4, 0.5) is 0 Å². The van der Waals surface area contributed by atoms with Crippen molar-refractivity contribution in [3.8, 4) is 0 Å². The minimum absolute atomic E-state index is 0.570. The number of hydrogen-bond donors (Lipinski definition) is 0. The third-order valence-corrected chi connectivity index (χ3v) is 5.66. The van der Waals surface area contributed by atoms with Gasteiger partial charge in [-0.2, -0.15) is 0 Å². The molecule has 0 bridgehead atoms. The fourth-order valence-corrected chi connectivity index (χ4v) is 3.94. The molecule has 0 heterocycles. The molecule has 0 aliphatic heterocycles. The van der Waals surface area contributed by atoms with E-state index in [9.17, 15) is 0 Å². The maximum Gasteiger partial charge on any atom is -0.0354 e. The molecule has 0 amide bonds. The molecule has 120 valence electrons. The molecule has 2 saturated carbocycles. The van der Waals surface area contributed by atoms with Crippen LogP contribution in [-0.4, -0.2) is 0 Å². The van der Waals surface area contributed by atoms with E-state index >= 15 is 0 Å². The van der Waals surface area contributed by atoms with Gasteiger partial charge in [0.1, 0.15) is 0 Å². The van der Waals surface area contributed by atoms with Crippen molar-refractivity contribution in [1.82, 2.24) is 0 Å². The van der Waals surface area contributed by atoms with Crippen LogP contribution in [0.25, 0.3) is 0 Å². The SMILES string of the molecule is CC(C)(C)C1CCCCC1.CC(C)(C)C1CCCCC1. The Hall–Kier alpha value is 0. The van der Waals surface area contributed by atoms with Crippen molar-refractivity contribution in [2.45, 2.75) is 106 Å². The van der Waals surface area contributed by atoms with Crippen LogP contribution in [0.5, 0.6) is 0 Å². The molecule has 2 aliphatic rings. The fourth-order valence-electron chi connectivity index (χ4n) is 3.94. The first kappa shape index (κ1) is 18.1. The third kappa shape index (κ3) is 6.64. The predicted molar refractivity (Wildman–Crippen MR) is 92.1 cm³/mol. The molecule has 0 atom stereocenters. The summed E-state index contributed by atoms with van der Waals surface area (Å²) in [6.45, 7) is 14.3. The summed E-state index contributed by atoms with van der Waals surface area (Å²) in [7, 11) is 0. The highest BCUT2D eigenvalue weighted by Crippen LogP contribution is 2.38. The van der Waals surface area contributed by atoms with Crippen LogP contribution in [0.1, 0.15) is 106 Å². The van der Waals surface area contributed by atoms with E-state index in [1.807, 2.05) is 0 Å². The molecular weight excluding hydrogens is 240 g/mol. The second-order valence-electron chi connectivity index (χ2n) is 9.40. The summed E-state index contributed by atoms with van der Waals surface area (Å²) < 4.78 is 0. The molecule has 0 spiro atoms. The van der Waals surface area contributed by atoms with Crippen molar-refractivity contribution in [3.63, 3.8) is 0 Å². The summed E-state index contributed by atoms with van der Waals surface area (Å²) >= 11 is 0. The van der Waals surface area contributed by atoms with Gasteiger partial charge in [0.2, 0.25) is 0 Å². The Morgan fingerprint density at radius 3 is 0.850 bits per heavy atom. The van der Waals surface area contributed by atoms with Gasteiger partial charge in [-0.25, -0.2) is 0 Å². The van der Waals surface area contributed by atoms with Crippen LogP contribution in [0, 0.1) is 22.7 Å². The van der Waals surface area contributed by atoms with Gasteiger partial charge in [-0.3, -0.25) is 0 Å². The summed E-state index contributed by atoms with van der Waals surface area (Å²) in [4.78, 5) is 0. The topological polar surface area (TPSA) is 0 Å². The minimum Gasteiger partial charge on any atom is -0.0599 e. The third-order valence-electron chi connectivity index (χ3n) is 5.66. The molecule has 2 rings (SSSR count). The Kier molecular flexibility index (Phi) is 7.09.